The third-order valence-electron chi connectivity index (χ3n) is 3.75. The predicted octanol–water partition coefficient (Wildman–Crippen LogP) is 0.714. The maximum Gasteiger partial charge on any atom is 0.264 e. The molecule has 2 amide bonds. The van der Waals surface area contributed by atoms with E-state index in [4.69, 9.17) is 0 Å². The fraction of sp³-hybridized carbons (Fsp3) is 0.176. The van der Waals surface area contributed by atoms with Gasteiger partial charge >= 0.3 is 0 Å². The zero-order valence-corrected chi connectivity index (χ0v) is 14.3. The van der Waals surface area contributed by atoms with E-state index in [1.165, 1.54) is 42.3 Å². The minimum atomic E-state index is -0.855. The van der Waals surface area contributed by atoms with Crippen molar-refractivity contribution in [3.05, 3.63) is 64.9 Å². The Kier molecular flexibility index (Phi) is 5.15. The molecule has 9 nitrogen and oxygen atoms in total. The predicted molar refractivity (Wildman–Crippen MR) is 94.9 cm³/mol. The number of carbonyl (C=O) groups is 2. The van der Waals surface area contributed by atoms with Crippen molar-refractivity contribution in [2.45, 2.75) is 19.4 Å². The van der Waals surface area contributed by atoms with Gasteiger partial charge in [-0.3, -0.25) is 24.2 Å². The summed E-state index contributed by atoms with van der Waals surface area (Å²) in [5.74, 6) is -1.50. The van der Waals surface area contributed by atoms with E-state index in [1.54, 1.807) is 6.20 Å². The van der Waals surface area contributed by atoms with Crippen LogP contribution >= 0.6 is 0 Å². The summed E-state index contributed by atoms with van der Waals surface area (Å²) in [6, 6.07) is 4.46. The van der Waals surface area contributed by atoms with E-state index >= 15 is 0 Å². The van der Waals surface area contributed by atoms with Crippen LogP contribution < -0.4 is 16.2 Å². The highest BCUT2D eigenvalue weighted by molar-refractivity contribution is 5.97. The number of hydrogen-bond donors (Lipinski definition) is 4. The Labute approximate surface area is 152 Å². The molecular weight excluding hydrogens is 355 g/mol. The molecule has 4 N–H and O–H groups in total. The topological polar surface area (TPSA) is 125 Å². The van der Waals surface area contributed by atoms with Gasteiger partial charge in [0.05, 0.1) is 12.0 Å². The van der Waals surface area contributed by atoms with Crippen molar-refractivity contribution < 1.29 is 14.0 Å². The number of aromatic nitrogens is 4. The maximum absolute atomic E-state index is 14.3. The first-order valence-electron chi connectivity index (χ1n) is 8.05. The van der Waals surface area contributed by atoms with E-state index in [0.29, 0.717) is 5.69 Å². The van der Waals surface area contributed by atoms with Gasteiger partial charge in [0, 0.05) is 43.2 Å². The number of carbonyl (C=O) groups excluding carboxylic acids is 2. The Bertz CT molecular complexity index is 1010. The maximum atomic E-state index is 14.3. The normalized spacial score (nSPS) is 11.8. The number of nitrogens with one attached hydrogen (secondary N) is 4. The molecule has 0 fully saturated rings. The zero-order valence-electron chi connectivity index (χ0n) is 14.3. The minimum Gasteiger partial charge on any atom is -0.348 e. The Hall–Kier alpha value is -3.69. The number of amides is 2. The summed E-state index contributed by atoms with van der Waals surface area (Å²) >= 11 is 0. The summed E-state index contributed by atoms with van der Waals surface area (Å²) < 4.78 is 15.6. The molecule has 2 heterocycles. The second kappa shape index (κ2) is 7.68. The van der Waals surface area contributed by atoms with E-state index in [-0.39, 0.29) is 29.3 Å². The van der Waals surface area contributed by atoms with Gasteiger partial charge in [0.1, 0.15) is 6.04 Å². The average Bonchev–Trinajstić information content (AvgIpc) is 3.25. The number of benzene rings is 1. The van der Waals surface area contributed by atoms with Gasteiger partial charge in [0.15, 0.2) is 5.82 Å². The summed E-state index contributed by atoms with van der Waals surface area (Å²) in [7, 11) is 0. The van der Waals surface area contributed by atoms with E-state index in [9.17, 15) is 18.8 Å². The number of anilines is 1. The van der Waals surface area contributed by atoms with Crippen LogP contribution in [0.25, 0.3) is 5.69 Å². The van der Waals surface area contributed by atoms with Crippen molar-refractivity contribution in [1.82, 2.24) is 25.1 Å². The number of aromatic amines is 2. The number of hydrogen-bond acceptors (Lipinski definition) is 4. The van der Waals surface area contributed by atoms with Crippen molar-refractivity contribution in [3.8, 4) is 5.69 Å². The molecule has 0 radical (unpaired) electrons. The van der Waals surface area contributed by atoms with Gasteiger partial charge in [-0.25, -0.2) is 9.37 Å². The van der Waals surface area contributed by atoms with Gasteiger partial charge in [0.2, 0.25) is 11.8 Å². The number of nitrogens with zero attached hydrogens (tertiary/aromatic N) is 2. The monoisotopic (exact) mass is 372 g/mol. The van der Waals surface area contributed by atoms with Gasteiger partial charge in [-0.15, -0.1) is 0 Å². The van der Waals surface area contributed by atoms with Crippen LogP contribution in [0.3, 0.4) is 0 Å². The van der Waals surface area contributed by atoms with Crippen LogP contribution in [0.1, 0.15) is 12.6 Å². The standard InChI is InChI=1S/C17H17FN6O3/c1-10(25)21-14(7-12-8-19-9-20-12)17(27)22-11-2-3-15(13(18)6-11)24-5-4-16(26)23-24/h2-6,8-9,14H,7H2,1H3,(H,19,20)(H,21,25)(H,22,27)(H,23,26)/t14-/m0/s1. The second-order valence-electron chi connectivity index (χ2n) is 5.85. The third kappa shape index (κ3) is 4.48. The molecule has 140 valence electrons. The number of halogens is 1. The molecule has 0 aliphatic rings. The highest BCUT2D eigenvalue weighted by Crippen LogP contribution is 2.17. The van der Waals surface area contributed by atoms with E-state index in [0.717, 1.165) is 6.07 Å². The quantitative estimate of drug-likeness (QED) is 0.509. The molecule has 3 rings (SSSR count). The van der Waals surface area contributed by atoms with E-state index in [2.05, 4.69) is 25.7 Å². The van der Waals surface area contributed by atoms with Crippen LogP contribution in [0.5, 0.6) is 0 Å². The number of imidazole rings is 1. The van der Waals surface area contributed by atoms with Crippen molar-refractivity contribution in [3.63, 3.8) is 0 Å². The minimum absolute atomic E-state index is 0.131. The summed E-state index contributed by atoms with van der Waals surface area (Å²) in [6.07, 6.45) is 4.62. The molecule has 0 saturated carbocycles. The van der Waals surface area contributed by atoms with Gasteiger partial charge < -0.3 is 15.6 Å². The Morgan fingerprint density at radius 1 is 1.33 bits per heavy atom. The van der Waals surface area contributed by atoms with Crippen LogP contribution in [0.4, 0.5) is 10.1 Å². The molecule has 27 heavy (non-hydrogen) atoms. The van der Waals surface area contributed by atoms with E-state index < -0.39 is 17.8 Å². The molecule has 1 atom stereocenters. The van der Waals surface area contributed by atoms with Crippen molar-refractivity contribution in [2.75, 3.05) is 5.32 Å². The molecule has 0 unspecified atom stereocenters. The summed E-state index contributed by atoms with van der Waals surface area (Å²) in [5, 5.41) is 7.57. The van der Waals surface area contributed by atoms with Crippen molar-refractivity contribution in [1.29, 1.82) is 0 Å². The molecule has 0 saturated heterocycles. The van der Waals surface area contributed by atoms with Crippen LogP contribution in [-0.2, 0) is 16.0 Å². The number of rotatable bonds is 6. The molecule has 0 spiro atoms. The van der Waals surface area contributed by atoms with Crippen LogP contribution in [0, 0.1) is 5.82 Å². The van der Waals surface area contributed by atoms with Crippen LogP contribution in [0.15, 0.2) is 47.8 Å². The molecule has 3 aromatic rings. The average molecular weight is 372 g/mol. The Morgan fingerprint density at radius 2 is 2.15 bits per heavy atom. The Balaban J connectivity index is 1.75. The molecule has 0 bridgehead atoms. The lowest BCUT2D eigenvalue weighted by atomic mass is 10.1. The van der Waals surface area contributed by atoms with Crippen molar-refractivity contribution in [2.24, 2.45) is 0 Å². The molecule has 10 heteroatoms. The largest absolute Gasteiger partial charge is 0.348 e. The van der Waals surface area contributed by atoms with Crippen LogP contribution in [0.2, 0.25) is 0 Å². The van der Waals surface area contributed by atoms with Gasteiger partial charge in [-0.05, 0) is 18.2 Å². The zero-order chi connectivity index (χ0) is 19.4. The fourth-order valence-corrected chi connectivity index (χ4v) is 2.56. The number of H-pyrrole nitrogens is 2. The van der Waals surface area contributed by atoms with E-state index in [1.807, 2.05) is 0 Å². The van der Waals surface area contributed by atoms with Crippen LogP contribution in [-0.4, -0.2) is 37.6 Å². The van der Waals surface area contributed by atoms with Gasteiger partial charge in [-0.1, -0.05) is 0 Å². The first kappa shape index (κ1) is 18.1. The fourth-order valence-electron chi connectivity index (χ4n) is 2.56. The second-order valence-corrected chi connectivity index (χ2v) is 5.85. The SMILES string of the molecule is CC(=O)N[C@@H](Cc1cnc[nH]1)C(=O)Nc1ccc(-n2ccc(=O)[nH]2)c(F)c1. The van der Waals surface area contributed by atoms with Crippen molar-refractivity contribution >= 4 is 17.5 Å². The lowest BCUT2D eigenvalue weighted by Gasteiger charge is -2.17. The lowest BCUT2D eigenvalue weighted by Crippen LogP contribution is -2.44. The Morgan fingerprint density at radius 3 is 2.74 bits per heavy atom. The molecule has 0 aliphatic heterocycles. The molecular formula is C17H17FN6O3. The summed E-state index contributed by atoms with van der Waals surface area (Å²) in [6.45, 7) is 1.31. The molecule has 0 aliphatic carbocycles. The first-order chi connectivity index (χ1) is 12.9. The molecule has 1 aromatic carbocycles. The third-order valence-corrected chi connectivity index (χ3v) is 3.75. The van der Waals surface area contributed by atoms with Gasteiger partial charge in [-0.2, -0.15) is 0 Å². The summed E-state index contributed by atoms with van der Waals surface area (Å²) in [4.78, 5) is 41.8. The first-order valence-corrected chi connectivity index (χ1v) is 8.05. The molecule has 2 aromatic heterocycles. The lowest BCUT2D eigenvalue weighted by molar-refractivity contribution is -0.125. The van der Waals surface area contributed by atoms with Gasteiger partial charge in [0.25, 0.3) is 5.56 Å². The smallest absolute Gasteiger partial charge is 0.264 e. The highest BCUT2D eigenvalue weighted by Gasteiger charge is 2.21. The summed E-state index contributed by atoms with van der Waals surface area (Å²) in [5.41, 5.74) is 0.660. The highest BCUT2D eigenvalue weighted by atomic mass is 19.1.